The van der Waals surface area contributed by atoms with Crippen LogP contribution in [0.25, 0.3) is 17.0 Å². The lowest BCUT2D eigenvalue weighted by molar-refractivity contribution is 0.617. The highest BCUT2D eigenvalue weighted by Crippen LogP contribution is 2.25. The summed E-state index contributed by atoms with van der Waals surface area (Å²) in [4.78, 5) is 15.8. The first-order valence-electron chi connectivity index (χ1n) is 7.53. The van der Waals surface area contributed by atoms with Gasteiger partial charge in [0, 0.05) is 11.9 Å². The Morgan fingerprint density at radius 3 is 2.64 bits per heavy atom. The molecule has 1 N–H and O–H groups in total. The molecule has 0 bridgehead atoms. The van der Waals surface area contributed by atoms with Crippen LogP contribution in [0.4, 0.5) is 21.7 Å². The maximum absolute atomic E-state index is 14.2. The van der Waals surface area contributed by atoms with Gasteiger partial charge in [0.1, 0.15) is 11.3 Å². The van der Waals surface area contributed by atoms with E-state index >= 15 is 0 Å². The summed E-state index contributed by atoms with van der Waals surface area (Å²) >= 11 is 0. The first kappa shape index (κ1) is 14.9. The topological polar surface area (TPSA) is 67.5 Å². The molecular weight excluding hydrogens is 319 g/mol. The van der Waals surface area contributed by atoms with Crippen molar-refractivity contribution in [2.75, 3.05) is 5.32 Å². The Morgan fingerprint density at radius 2 is 1.84 bits per heavy atom. The first-order valence-corrected chi connectivity index (χ1v) is 7.53. The third kappa shape index (κ3) is 2.83. The highest BCUT2D eigenvalue weighted by atomic mass is 19.1. The summed E-state index contributed by atoms with van der Waals surface area (Å²) in [6.07, 6.45) is 4.49. The molecule has 4 rings (SSSR count). The largest absolute Gasteiger partial charge is 0.354 e. The second-order valence-electron chi connectivity index (χ2n) is 5.31. The van der Waals surface area contributed by atoms with E-state index in [0.717, 1.165) is 17.6 Å². The standard InChI is InChI=1S/C18H13FN6/c1-20-18-22-9-14(19)17(24-18)15-10-21-16-8-7-13(11-25(15)16)23-12-5-3-2-4-6-12/h2-11,23H,1H2. The van der Waals surface area contributed by atoms with Crippen molar-refractivity contribution in [1.82, 2.24) is 19.4 Å². The molecule has 3 heterocycles. The van der Waals surface area contributed by atoms with Crippen LogP contribution in [0.3, 0.4) is 0 Å². The molecule has 0 atom stereocenters. The van der Waals surface area contributed by atoms with Crippen molar-refractivity contribution in [3.63, 3.8) is 0 Å². The van der Waals surface area contributed by atoms with Gasteiger partial charge in [-0.3, -0.25) is 4.40 Å². The van der Waals surface area contributed by atoms with Gasteiger partial charge < -0.3 is 5.32 Å². The van der Waals surface area contributed by atoms with E-state index in [9.17, 15) is 4.39 Å². The Bertz CT molecular complexity index is 1060. The zero-order valence-corrected chi connectivity index (χ0v) is 13.1. The molecule has 4 aromatic rings. The van der Waals surface area contributed by atoms with Gasteiger partial charge in [0.2, 0.25) is 5.95 Å². The summed E-state index contributed by atoms with van der Waals surface area (Å²) in [6, 6.07) is 13.5. The zero-order chi connectivity index (χ0) is 17.2. The smallest absolute Gasteiger partial charge is 0.249 e. The SMILES string of the molecule is C=Nc1ncc(F)c(-c2cnc3ccc(Nc4ccccc4)cn23)n1. The van der Waals surface area contributed by atoms with Crippen LogP contribution in [-0.2, 0) is 0 Å². The molecular formula is C18H13FN6. The molecule has 0 amide bonds. The third-order valence-corrected chi connectivity index (χ3v) is 3.68. The molecule has 25 heavy (non-hydrogen) atoms. The van der Waals surface area contributed by atoms with E-state index in [1.54, 1.807) is 10.6 Å². The van der Waals surface area contributed by atoms with Gasteiger partial charge in [0.25, 0.3) is 0 Å². The van der Waals surface area contributed by atoms with Gasteiger partial charge in [0.05, 0.1) is 23.8 Å². The quantitative estimate of drug-likeness (QED) is 0.574. The molecule has 7 heteroatoms. The number of anilines is 2. The Hall–Kier alpha value is -3.61. The normalized spacial score (nSPS) is 10.8. The lowest BCUT2D eigenvalue weighted by atomic mass is 10.3. The molecule has 0 aliphatic carbocycles. The minimum atomic E-state index is -0.546. The number of hydrogen-bond donors (Lipinski definition) is 1. The minimum absolute atomic E-state index is 0.116. The Kier molecular flexibility index (Phi) is 3.66. The number of pyridine rings is 1. The van der Waals surface area contributed by atoms with E-state index in [4.69, 9.17) is 0 Å². The summed E-state index contributed by atoms with van der Waals surface area (Å²) in [7, 11) is 0. The average molecular weight is 332 g/mol. The highest BCUT2D eigenvalue weighted by molar-refractivity contribution is 5.66. The van der Waals surface area contributed by atoms with E-state index in [0.29, 0.717) is 11.3 Å². The van der Waals surface area contributed by atoms with Crippen molar-refractivity contribution in [2.24, 2.45) is 4.99 Å². The number of nitrogens with one attached hydrogen (secondary N) is 1. The van der Waals surface area contributed by atoms with Crippen molar-refractivity contribution < 1.29 is 4.39 Å². The molecule has 0 unspecified atom stereocenters. The lowest BCUT2D eigenvalue weighted by Gasteiger charge is -2.08. The summed E-state index contributed by atoms with van der Waals surface area (Å²) < 4.78 is 16.0. The summed E-state index contributed by atoms with van der Waals surface area (Å²) in [5, 5.41) is 3.30. The number of rotatable bonds is 4. The van der Waals surface area contributed by atoms with Crippen LogP contribution in [0.2, 0.25) is 0 Å². The molecule has 0 aliphatic heterocycles. The average Bonchev–Trinajstić information content (AvgIpc) is 3.06. The molecule has 6 nitrogen and oxygen atoms in total. The van der Waals surface area contributed by atoms with E-state index in [1.165, 1.54) is 0 Å². The van der Waals surface area contributed by atoms with E-state index in [2.05, 4.69) is 32.0 Å². The Balaban J connectivity index is 1.80. The van der Waals surface area contributed by atoms with Gasteiger partial charge in [-0.15, -0.1) is 0 Å². The monoisotopic (exact) mass is 332 g/mol. The summed E-state index contributed by atoms with van der Waals surface area (Å²) in [5.41, 5.74) is 3.11. The summed E-state index contributed by atoms with van der Waals surface area (Å²) in [6.45, 7) is 3.38. The fraction of sp³-hybridized carbons (Fsp3) is 0. The van der Waals surface area contributed by atoms with Gasteiger partial charge in [0.15, 0.2) is 5.82 Å². The van der Waals surface area contributed by atoms with Crippen LogP contribution in [0.5, 0.6) is 0 Å². The number of fused-ring (bicyclic) bond motifs is 1. The van der Waals surface area contributed by atoms with Crippen LogP contribution in [-0.4, -0.2) is 26.1 Å². The fourth-order valence-corrected chi connectivity index (χ4v) is 2.53. The van der Waals surface area contributed by atoms with Crippen LogP contribution in [0.15, 0.2) is 66.0 Å². The fourth-order valence-electron chi connectivity index (χ4n) is 2.53. The van der Waals surface area contributed by atoms with Crippen LogP contribution < -0.4 is 5.32 Å². The Labute approximate surface area is 142 Å². The van der Waals surface area contributed by atoms with Crippen molar-refractivity contribution in [3.8, 4) is 11.4 Å². The van der Waals surface area contributed by atoms with Crippen LogP contribution >= 0.6 is 0 Å². The zero-order valence-electron chi connectivity index (χ0n) is 13.1. The number of halogens is 1. The minimum Gasteiger partial charge on any atom is -0.354 e. The Morgan fingerprint density at radius 1 is 1.00 bits per heavy atom. The first-order chi connectivity index (χ1) is 12.2. The van der Waals surface area contributed by atoms with Gasteiger partial charge >= 0.3 is 0 Å². The molecule has 0 aliphatic rings. The second kappa shape index (κ2) is 6.12. The number of para-hydroxylation sites is 1. The van der Waals surface area contributed by atoms with Crippen molar-refractivity contribution >= 4 is 29.7 Å². The number of benzene rings is 1. The number of aliphatic imine (C=N–C) groups is 1. The molecule has 0 spiro atoms. The molecule has 0 saturated heterocycles. The van der Waals surface area contributed by atoms with Gasteiger partial charge in [-0.05, 0) is 31.0 Å². The number of nitrogens with zero attached hydrogens (tertiary/aromatic N) is 5. The molecule has 3 aromatic heterocycles. The van der Waals surface area contributed by atoms with Gasteiger partial charge in [-0.1, -0.05) is 18.2 Å². The van der Waals surface area contributed by atoms with Crippen LogP contribution in [0, 0.1) is 5.82 Å². The molecule has 0 radical (unpaired) electrons. The number of aromatic nitrogens is 4. The van der Waals surface area contributed by atoms with E-state index < -0.39 is 5.82 Å². The molecule has 1 aromatic carbocycles. The molecule has 0 fully saturated rings. The second-order valence-corrected chi connectivity index (χ2v) is 5.31. The molecule has 122 valence electrons. The third-order valence-electron chi connectivity index (χ3n) is 3.68. The van der Waals surface area contributed by atoms with Crippen LogP contribution in [0.1, 0.15) is 0 Å². The predicted octanol–water partition coefficient (Wildman–Crippen LogP) is 4.01. The maximum Gasteiger partial charge on any atom is 0.249 e. The summed E-state index contributed by atoms with van der Waals surface area (Å²) in [5.74, 6) is -0.430. The van der Waals surface area contributed by atoms with E-state index in [-0.39, 0.29) is 11.6 Å². The van der Waals surface area contributed by atoms with Gasteiger partial charge in [-0.25, -0.2) is 24.3 Å². The number of imidazole rings is 1. The number of hydrogen-bond acceptors (Lipinski definition) is 5. The van der Waals surface area contributed by atoms with Crippen molar-refractivity contribution in [2.45, 2.75) is 0 Å². The maximum atomic E-state index is 14.2. The predicted molar refractivity (Wildman–Crippen MR) is 95.1 cm³/mol. The lowest BCUT2D eigenvalue weighted by Crippen LogP contribution is -1.97. The van der Waals surface area contributed by atoms with Crippen molar-refractivity contribution in [3.05, 3.63) is 66.9 Å². The van der Waals surface area contributed by atoms with E-state index in [1.807, 2.05) is 48.7 Å². The van der Waals surface area contributed by atoms with Crippen molar-refractivity contribution in [1.29, 1.82) is 0 Å². The highest BCUT2D eigenvalue weighted by Gasteiger charge is 2.14. The van der Waals surface area contributed by atoms with Gasteiger partial charge in [-0.2, -0.15) is 0 Å². The molecule has 0 saturated carbocycles.